The number of fused-ring (bicyclic) bond motifs is 4. The molecule has 6 heteroatoms. The quantitative estimate of drug-likeness (QED) is 0.479. The van der Waals surface area contributed by atoms with Crippen LogP contribution in [0, 0.1) is 0 Å². The second-order valence-electron chi connectivity index (χ2n) is 8.33. The molecular weight excluding hydrogens is 424 g/mol. The molecule has 32 heavy (non-hydrogen) atoms. The fraction of sp³-hybridized carbons (Fsp3) is 0.231. The van der Waals surface area contributed by atoms with Crippen molar-refractivity contribution < 1.29 is 14.3 Å². The third kappa shape index (κ3) is 3.16. The number of benzene rings is 3. The molecule has 0 spiro atoms. The average molecular weight is 447 g/mol. The van der Waals surface area contributed by atoms with Crippen molar-refractivity contribution in [2.24, 2.45) is 0 Å². The maximum Gasteiger partial charge on any atom is 0.335 e. The molecule has 2 heterocycles. The first-order valence-electron chi connectivity index (χ1n) is 10.7. The van der Waals surface area contributed by atoms with Crippen molar-refractivity contribution in [3.63, 3.8) is 0 Å². The van der Waals surface area contributed by atoms with Gasteiger partial charge in [-0.15, -0.1) is 0 Å². The SMILES string of the molecule is CCc1cccc(N2C(=O)N(C(=O)c3ccccc3Cl)[C@H]3C[C@]2(C)Oc2ccccc23)c1. The Hall–Kier alpha value is -3.31. The molecule has 2 aliphatic rings. The summed E-state index contributed by atoms with van der Waals surface area (Å²) in [6.07, 6.45) is 1.28. The normalized spacial score (nSPS) is 21.7. The molecule has 3 aromatic carbocycles. The van der Waals surface area contributed by atoms with Crippen molar-refractivity contribution in [2.75, 3.05) is 4.90 Å². The molecule has 5 rings (SSSR count). The second kappa shape index (κ2) is 7.68. The zero-order valence-electron chi connectivity index (χ0n) is 17.9. The minimum absolute atomic E-state index is 0.303. The summed E-state index contributed by atoms with van der Waals surface area (Å²) in [4.78, 5) is 30.6. The van der Waals surface area contributed by atoms with Gasteiger partial charge < -0.3 is 4.74 Å². The highest BCUT2D eigenvalue weighted by Gasteiger charge is 2.55. The van der Waals surface area contributed by atoms with Gasteiger partial charge in [-0.2, -0.15) is 0 Å². The Labute approximate surface area is 192 Å². The first-order valence-corrected chi connectivity index (χ1v) is 11.1. The Balaban J connectivity index is 1.69. The summed E-state index contributed by atoms with van der Waals surface area (Å²) in [5.41, 5.74) is 1.99. The molecule has 0 aromatic heterocycles. The zero-order chi connectivity index (χ0) is 22.5. The van der Waals surface area contributed by atoms with Crippen LogP contribution in [0.25, 0.3) is 0 Å². The molecular formula is C26H23ClN2O3. The molecule has 5 nitrogen and oxygen atoms in total. The number of para-hydroxylation sites is 1. The first-order chi connectivity index (χ1) is 15.4. The van der Waals surface area contributed by atoms with Gasteiger partial charge in [0.2, 0.25) is 0 Å². The van der Waals surface area contributed by atoms with Gasteiger partial charge in [-0.3, -0.25) is 14.6 Å². The van der Waals surface area contributed by atoms with E-state index in [0.717, 1.165) is 17.5 Å². The molecule has 3 amide bonds. The largest absolute Gasteiger partial charge is 0.467 e. The average Bonchev–Trinajstić information content (AvgIpc) is 2.79. The molecule has 0 N–H and O–H groups in total. The smallest absolute Gasteiger partial charge is 0.335 e. The number of aryl methyl sites for hydroxylation is 1. The summed E-state index contributed by atoms with van der Waals surface area (Å²) in [7, 11) is 0. The van der Waals surface area contributed by atoms with E-state index in [0.29, 0.717) is 28.4 Å². The Morgan fingerprint density at radius 2 is 1.84 bits per heavy atom. The Morgan fingerprint density at radius 1 is 1.09 bits per heavy atom. The molecule has 0 radical (unpaired) electrons. The number of urea groups is 1. The Kier molecular flexibility index (Phi) is 4.94. The highest BCUT2D eigenvalue weighted by atomic mass is 35.5. The van der Waals surface area contributed by atoms with E-state index >= 15 is 0 Å². The van der Waals surface area contributed by atoms with Crippen LogP contribution in [0.2, 0.25) is 5.02 Å². The molecule has 2 atom stereocenters. The van der Waals surface area contributed by atoms with Crippen LogP contribution < -0.4 is 9.64 Å². The fourth-order valence-corrected chi connectivity index (χ4v) is 4.92. The highest BCUT2D eigenvalue weighted by molar-refractivity contribution is 6.34. The van der Waals surface area contributed by atoms with Crippen LogP contribution in [-0.2, 0) is 6.42 Å². The van der Waals surface area contributed by atoms with Crippen LogP contribution in [0.4, 0.5) is 10.5 Å². The van der Waals surface area contributed by atoms with E-state index in [1.54, 1.807) is 29.2 Å². The van der Waals surface area contributed by atoms with Gasteiger partial charge in [0.25, 0.3) is 5.91 Å². The number of carbonyl (C=O) groups is 2. The van der Waals surface area contributed by atoms with Gasteiger partial charge in [0, 0.05) is 17.7 Å². The molecule has 0 unspecified atom stereocenters. The van der Waals surface area contributed by atoms with Crippen LogP contribution in [0.1, 0.15) is 47.8 Å². The summed E-state index contributed by atoms with van der Waals surface area (Å²) >= 11 is 6.34. The first kappa shape index (κ1) is 20.6. The third-order valence-electron chi connectivity index (χ3n) is 6.26. The molecule has 0 aliphatic carbocycles. The van der Waals surface area contributed by atoms with E-state index in [1.165, 1.54) is 4.90 Å². The van der Waals surface area contributed by atoms with E-state index in [-0.39, 0.29) is 0 Å². The summed E-state index contributed by atoms with van der Waals surface area (Å²) in [6.45, 7) is 3.97. The minimum Gasteiger partial charge on any atom is -0.467 e. The fourth-order valence-electron chi connectivity index (χ4n) is 4.70. The number of hydrogen-bond donors (Lipinski definition) is 0. The highest BCUT2D eigenvalue weighted by Crippen LogP contribution is 2.49. The van der Waals surface area contributed by atoms with Crippen molar-refractivity contribution in [3.05, 3.63) is 94.5 Å². The van der Waals surface area contributed by atoms with Crippen molar-refractivity contribution in [3.8, 4) is 5.75 Å². The number of hydrogen-bond acceptors (Lipinski definition) is 3. The number of anilines is 1. The number of halogens is 1. The Bertz CT molecular complexity index is 1230. The molecule has 1 fully saturated rings. The van der Waals surface area contributed by atoms with Crippen LogP contribution in [-0.4, -0.2) is 22.6 Å². The van der Waals surface area contributed by atoms with E-state index in [2.05, 4.69) is 6.92 Å². The van der Waals surface area contributed by atoms with Gasteiger partial charge in [0.1, 0.15) is 5.75 Å². The van der Waals surface area contributed by atoms with Crippen LogP contribution >= 0.6 is 11.6 Å². The number of rotatable bonds is 3. The van der Waals surface area contributed by atoms with Crippen molar-refractivity contribution in [1.82, 2.24) is 4.90 Å². The minimum atomic E-state index is -0.931. The maximum atomic E-state index is 14.0. The van der Waals surface area contributed by atoms with Crippen molar-refractivity contribution in [1.29, 1.82) is 0 Å². The number of nitrogens with zero attached hydrogens (tertiary/aromatic N) is 2. The lowest BCUT2D eigenvalue weighted by Crippen LogP contribution is -2.67. The van der Waals surface area contributed by atoms with Crippen LogP contribution in [0.5, 0.6) is 5.75 Å². The molecule has 0 saturated carbocycles. The monoisotopic (exact) mass is 446 g/mol. The number of imide groups is 1. The van der Waals surface area contributed by atoms with E-state index in [1.807, 2.05) is 55.5 Å². The summed E-state index contributed by atoms with van der Waals surface area (Å²) < 4.78 is 6.40. The van der Waals surface area contributed by atoms with Gasteiger partial charge in [-0.25, -0.2) is 4.79 Å². The molecule has 2 bridgehead atoms. The van der Waals surface area contributed by atoms with Gasteiger partial charge in [-0.05, 0) is 49.2 Å². The zero-order valence-corrected chi connectivity index (χ0v) is 18.7. The predicted molar refractivity (Wildman–Crippen MR) is 124 cm³/mol. The van der Waals surface area contributed by atoms with E-state index < -0.39 is 23.7 Å². The third-order valence-corrected chi connectivity index (χ3v) is 6.59. The van der Waals surface area contributed by atoms with E-state index in [9.17, 15) is 9.59 Å². The maximum absolute atomic E-state index is 14.0. The topological polar surface area (TPSA) is 49.9 Å². The lowest BCUT2D eigenvalue weighted by Gasteiger charge is -2.53. The van der Waals surface area contributed by atoms with Crippen molar-refractivity contribution in [2.45, 2.75) is 38.5 Å². The number of ether oxygens (including phenoxy) is 1. The standard InChI is InChI=1S/C26H23ClN2O3/c1-3-17-9-8-10-18(15-17)29-25(31)28(24(30)19-11-4-6-13-21(19)27)22-16-26(29,2)32-23-14-7-5-12-20(22)23/h4-15,22H,3,16H2,1-2H3/t22-,26-/m0/s1. The summed E-state index contributed by atoms with van der Waals surface area (Å²) in [5.74, 6) is 0.258. The number of carbonyl (C=O) groups excluding carboxylic acids is 2. The molecule has 2 aliphatic heterocycles. The lowest BCUT2D eigenvalue weighted by atomic mass is 9.88. The van der Waals surface area contributed by atoms with Gasteiger partial charge in [0.15, 0.2) is 5.72 Å². The predicted octanol–water partition coefficient (Wildman–Crippen LogP) is 6.22. The van der Waals surface area contributed by atoms with E-state index in [4.69, 9.17) is 16.3 Å². The van der Waals surface area contributed by atoms with Crippen LogP contribution in [0.3, 0.4) is 0 Å². The van der Waals surface area contributed by atoms with Crippen molar-refractivity contribution >= 4 is 29.2 Å². The summed E-state index contributed by atoms with van der Waals surface area (Å²) in [6, 6.07) is 21.3. The van der Waals surface area contributed by atoms with Crippen LogP contribution in [0.15, 0.2) is 72.8 Å². The second-order valence-corrected chi connectivity index (χ2v) is 8.74. The molecule has 162 valence electrons. The molecule has 3 aromatic rings. The van der Waals surface area contributed by atoms with Gasteiger partial charge in [0.05, 0.1) is 16.6 Å². The van der Waals surface area contributed by atoms with Gasteiger partial charge in [-0.1, -0.05) is 61.0 Å². The Morgan fingerprint density at radius 3 is 2.62 bits per heavy atom. The number of amides is 3. The lowest BCUT2D eigenvalue weighted by molar-refractivity contribution is 0.00268. The van der Waals surface area contributed by atoms with Gasteiger partial charge >= 0.3 is 6.03 Å². The molecule has 1 saturated heterocycles. The summed E-state index contributed by atoms with van der Waals surface area (Å²) in [5, 5.41) is 0.318.